The number of carboxylic acids is 1. The number of nitrogens with zero attached hydrogens (tertiary/aromatic N) is 1. The summed E-state index contributed by atoms with van der Waals surface area (Å²) in [6.45, 7) is 1.67. The predicted octanol–water partition coefficient (Wildman–Crippen LogP) is 6.95. The number of carbonyl (C=O) groups is 1. The normalized spacial score (nSPS) is 25.7. The Hall–Kier alpha value is -2.12. The highest BCUT2D eigenvalue weighted by Gasteiger charge is 2.35. The van der Waals surface area contributed by atoms with Gasteiger partial charge in [0.2, 0.25) is 0 Å². The van der Waals surface area contributed by atoms with Crippen LogP contribution < -0.4 is 0 Å². The zero-order chi connectivity index (χ0) is 24.8. The van der Waals surface area contributed by atoms with Crippen molar-refractivity contribution in [3.8, 4) is 0 Å². The highest BCUT2D eigenvalue weighted by Crippen LogP contribution is 2.39. The number of aromatic nitrogens is 1. The lowest BCUT2D eigenvalue weighted by atomic mass is 9.87. The van der Waals surface area contributed by atoms with Crippen molar-refractivity contribution in [2.45, 2.75) is 56.7 Å². The molecule has 2 aliphatic carbocycles. The number of fused-ring (bicyclic) bond motifs is 1. The molecule has 9 heteroatoms. The molecule has 2 aromatic rings. The van der Waals surface area contributed by atoms with E-state index in [0.29, 0.717) is 54.0 Å². The molecule has 34 heavy (non-hydrogen) atoms. The number of ether oxygens (including phenoxy) is 1. The minimum atomic E-state index is -4.42. The average Bonchev–Trinajstić information content (AvgIpc) is 3.09. The molecule has 0 aliphatic heterocycles. The zero-order valence-corrected chi connectivity index (χ0v) is 20.3. The van der Waals surface area contributed by atoms with E-state index in [1.54, 1.807) is 30.7 Å². The molecule has 1 saturated carbocycles. The monoisotopic (exact) mass is 515 g/mol. The van der Waals surface area contributed by atoms with Crippen LogP contribution >= 0.6 is 23.2 Å². The second kappa shape index (κ2) is 9.50. The number of halogens is 5. The third-order valence-corrected chi connectivity index (χ3v) is 7.86. The van der Waals surface area contributed by atoms with Gasteiger partial charge in [-0.05, 0) is 74.9 Å². The van der Waals surface area contributed by atoms with E-state index in [1.807, 2.05) is 6.07 Å². The van der Waals surface area contributed by atoms with E-state index in [9.17, 15) is 23.1 Å². The fourth-order valence-electron chi connectivity index (χ4n) is 4.89. The van der Waals surface area contributed by atoms with Crippen LogP contribution in [0.15, 0.2) is 41.1 Å². The minimum Gasteiger partial charge on any atom is -0.493 e. The second-order valence-electron chi connectivity index (χ2n) is 9.18. The molecule has 0 amide bonds. The van der Waals surface area contributed by atoms with Gasteiger partial charge >= 0.3 is 12.1 Å². The summed E-state index contributed by atoms with van der Waals surface area (Å²) in [5.74, 6) is -0.817. The molecule has 1 heterocycles. The first-order chi connectivity index (χ1) is 16.0. The topological polar surface area (TPSA) is 51.5 Å². The molecule has 1 fully saturated rings. The van der Waals surface area contributed by atoms with Crippen LogP contribution in [-0.2, 0) is 29.2 Å². The first-order valence-electron chi connectivity index (χ1n) is 11.2. The van der Waals surface area contributed by atoms with Crippen molar-refractivity contribution in [3.63, 3.8) is 0 Å². The summed E-state index contributed by atoms with van der Waals surface area (Å²) in [5.41, 5.74) is 1.21. The van der Waals surface area contributed by atoms with Crippen molar-refractivity contribution in [1.82, 2.24) is 4.57 Å². The molecule has 4 rings (SSSR count). The van der Waals surface area contributed by atoms with E-state index in [0.717, 1.165) is 17.1 Å². The number of allylic oxidation sites excluding steroid dienone is 4. The molecule has 2 atom stereocenters. The van der Waals surface area contributed by atoms with Crippen molar-refractivity contribution in [1.29, 1.82) is 0 Å². The Morgan fingerprint density at radius 1 is 1.18 bits per heavy atom. The molecular formula is C25H26Cl2F3NO3. The van der Waals surface area contributed by atoms with E-state index in [-0.39, 0.29) is 17.9 Å². The van der Waals surface area contributed by atoms with Crippen molar-refractivity contribution in [2.75, 3.05) is 0 Å². The quantitative estimate of drug-likeness (QED) is 0.438. The van der Waals surface area contributed by atoms with Crippen molar-refractivity contribution < 1.29 is 27.8 Å². The largest absolute Gasteiger partial charge is 0.493 e. The summed E-state index contributed by atoms with van der Waals surface area (Å²) in [6, 6.07) is 4.23. The smallest absolute Gasteiger partial charge is 0.416 e. The summed E-state index contributed by atoms with van der Waals surface area (Å²) in [6.07, 6.45) is 1.83. The van der Waals surface area contributed by atoms with Crippen molar-refractivity contribution in [3.05, 3.63) is 58.0 Å². The van der Waals surface area contributed by atoms with Crippen LogP contribution in [0.2, 0.25) is 0 Å². The Kier molecular flexibility index (Phi) is 6.98. The second-order valence-corrected chi connectivity index (χ2v) is 10.1. The first kappa shape index (κ1) is 25.0. The lowest BCUT2D eigenvalue weighted by Crippen LogP contribution is -2.30. The molecule has 4 nitrogen and oxygen atoms in total. The standard InChI is InChI=1S/C25H26Cl2F3NO3/c1-13-9-15(25(28,29)30)10-21-18(13)11-16(31(21)2)12-19-20(26)7-8-22(23(19)27)34-17-5-3-14(4-6-17)24(32)33/h7-11,14,17,19,23H,3-6,12H2,1-2H3,(H,32,33). The summed E-state index contributed by atoms with van der Waals surface area (Å²) in [5, 5.41) is 9.96. The van der Waals surface area contributed by atoms with Gasteiger partial charge in [-0.3, -0.25) is 4.79 Å². The van der Waals surface area contributed by atoms with Gasteiger partial charge in [0.05, 0.1) is 23.0 Å². The van der Waals surface area contributed by atoms with Crippen molar-refractivity contribution in [2.24, 2.45) is 18.9 Å². The maximum absolute atomic E-state index is 13.3. The maximum atomic E-state index is 13.3. The van der Waals surface area contributed by atoms with E-state index >= 15 is 0 Å². The van der Waals surface area contributed by atoms with Gasteiger partial charge in [-0.25, -0.2) is 0 Å². The number of hydrogen-bond acceptors (Lipinski definition) is 2. The van der Waals surface area contributed by atoms with E-state index < -0.39 is 23.1 Å². The zero-order valence-electron chi connectivity index (χ0n) is 18.8. The Bertz CT molecular complexity index is 1160. The average molecular weight is 516 g/mol. The highest BCUT2D eigenvalue weighted by molar-refractivity contribution is 6.32. The molecular weight excluding hydrogens is 490 g/mol. The number of alkyl halides is 4. The number of aliphatic carboxylic acids is 1. The SMILES string of the molecule is Cc1cc(C(F)(F)F)cc2c1cc(CC1C(Cl)=CC=C(OC3CCC(C(=O)O)CC3)C1Cl)n2C. The molecule has 2 aliphatic rings. The van der Waals surface area contributed by atoms with Gasteiger partial charge in [0.15, 0.2) is 0 Å². The van der Waals surface area contributed by atoms with E-state index in [4.69, 9.17) is 27.9 Å². The van der Waals surface area contributed by atoms with Crippen LogP contribution in [0.1, 0.15) is 42.5 Å². The van der Waals surface area contributed by atoms with Crippen LogP contribution in [-0.4, -0.2) is 27.1 Å². The summed E-state index contributed by atoms with van der Waals surface area (Å²) >= 11 is 13.3. The van der Waals surface area contributed by atoms with E-state index in [1.165, 1.54) is 6.07 Å². The molecule has 1 N–H and O–H groups in total. The van der Waals surface area contributed by atoms with Gasteiger partial charge in [0, 0.05) is 34.6 Å². The fourth-order valence-corrected chi connectivity index (χ4v) is 5.57. The van der Waals surface area contributed by atoms with Gasteiger partial charge in [0.25, 0.3) is 0 Å². The molecule has 0 saturated heterocycles. The molecule has 1 aromatic heterocycles. The molecule has 2 unspecified atom stereocenters. The first-order valence-corrected chi connectivity index (χ1v) is 12.0. The fraction of sp³-hybridized carbons (Fsp3) is 0.480. The number of rotatable bonds is 5. The Labute approximate surface area is 206 Å². The van der Waals surface area contributed by atoms with Crippen LogP contribution in [0.25, 0.3) is 10.9 Å². The van der Waals surface area contributed by atoms with E-state index in [2.05, 4.69) is 0 Å². The summed E-state index contributed by atoms with van der Waals surface area (Å²) < 4.78 is 47.8. The lowest BCUT2D eigenvalue weighted by Gasteiger charge is -2.32. The highest BCUT2D eigenvalue weighted by atomic mass is 35.5. The van der Waals surface area contributed by atoms with Crippen molar-refractivity contribution >= 4 is 40.1 Å². The van der Waals surface area contributed by atoms with Gasteiger partial charge in [-0.1, -0.05) is 11.6 Å². The third-order valence-electron chi connectivity index (χ3n) is 6.94. The summed E-state index contributed by atoms with van der Waals surface area (Å²) in [4.78, 5) is 11.2. The minimum absolute atomic E-state index is 0.102. The summed E-state index contributed by atoms with van der Waals surface area (Å²) in [7, 11) is 1.75. The molecule has 0 radical (unpaired) electrons. The van der Waals surface area contributed by atoms with Crippen LogP contribution in [0.3, 0.4) is 0 Å². The predicted molar refractivity (Wildman–Crippen MR) is 126 cm³/mol. The molecule has 0 bridgehead atoms. The number of carboxylic acid groups (broad SMARTS) is 1. The third kappa shape index (κ3) is 4.96. The molecule has 184 valence electrons. The van der Waals surface area contributed by atoms with Crippen LogP contribution in [0.5, 0.6) is 0 Å². The van der Waals surface area contributed by atoms with Gasteiger partial charge in [-0.2, -0.15) is 13.2 Å². The number of aryl methyl sites for hydroxylation is 2. The maximum Gasteiger partial charge on any atom is 0.416 e. The number of benzene rings is 1. The Morgan fingerprint density at radius 3 is 2.47 bits per heavy atom. The Balaban J connectivity index is 1.52. The number of hydrogen-bond donors (Lipinski definition) is 1. The van der Waals surface area contributed by atoms with Gasteiger partial charge in [0.1, 0.15) is 5.76 Å². The molecule has 1 aromatic carbocycles. The molecule has 0 spiro atoms. The van der Waals surface area contributed by atoms with Gasteiger partial charge < -0.3 is 14.4 Å². The van der Waals surface area contributed by atoms with Crippen LogP contribution in [0.4, 0.5) is 13.2 Å². The Morgan fingerprint density at radius 2 is 1.85 bits per heavy atom. The van der Waals surface area contributed by atoms with Gasteiger partial charge in [-0.15, -0.1) is 11.6 Å². The van der Waals surface area contributed by atoms with Crippen LogP contribution in [0, 0.1) is 18.8 Å². The lowest BCUT2D eigenvalue weighted by molar-refractivity contribution is -0.143.